The Morgan fingerprint density at radius 2 is 2.35 bits per heavy atom. The number of hydrogen-bond donors (Lipinski definition) is 2. The number of fused-ring (bicyclic) bond motifs is 1. The standard InChI is InChI=1S/C14H20N2O/c1-10(17)16-8-7-12-4-2-3-11-5-6-13(15)9-14(11)12/h5-6,9,12H,2-4,7-8,15H2,1H3,(H,16,17). The zero-order chi connectivity index (χ0) is 12.3. The van der Waals surface area contributed by atoms with E-state index in [0.717, 1.165) is 25.1 Å². The van der Waals surface area contributed by atoms with Crippen LogP contribution in [0.4, 0.5) is 5.69 Å². The fourth-order valence-electron chi connectivity index (χ4n) is 2.64. The molecule has 1 aliphatic rings. The Kier molecular flexibility index (Phi) is 3.67. The molecule has 0 aromatic heterocycles. The van der Waals surface area contributed by atoms with Crippen LogP contribution in [-0.4, -0.2) is 12.5 Å². The maximum absolute atomic E-state index is 10.9. The molecule has 3 N–H and O–H groups in total. The van der Waals surface area contributed by atoms with E-state index in [4.69, 9.17) is 5.73 Å². The van der Waals surface area contributed by atoms with Crippen molar-refractivity contribution in [2.45, 2.75) is 38.5 Å². The fourth-order valence-corrected chi connectivity index (χ4v) is 2.64. The van der Waals surface area contributed by atoms with Crippen LogP contribution in [0.15, 0.2) is 18.2 Å². The lowest BCUT2D eigenvalue weighted by Gasteiger charge is -2.26. The molecule has 17 heavy (non-hydrogen) atoms. The molecule has 1 atom stereocenters. The zero-order valence-corrected chi connectivity index (χ0v) is 10.3. The average Bonchev–Trinajstić information content (AvgIpc) is 2.29. The summed E-state index contributed by atoms with van der Waals surface area (Å²) in [6, 6.07) is 6.23. The normalized spacial score (nSPS) is 18.5. The largest absolute Gasteiger partial charge is 0.399 e. The van der Waals surface area contributed by atoms with Crippen molar-refractivity contribution in [1.29, 1.82) is 0 Å². The number of carbonyl (C=O) groups is 1. The summed E-state index contributed by atoms with van der Waals surface area (Å²) in [4.78, 5) is 10.9. The third-order valence-corrected chi connectivity index (χ3v) is 3.48. The predicted molar refractivity (Wildman–Crippen MR) is 69.8 cm³/mol. The van der Waals surface area contributed by atoms with Crippen LogP contribution in [0.1, 0.15) is 43.2 Å². The molecule has 0 bridgehead atoms. The number of amides is 1. The van der Waals surface area contributed by atoms with Crippen LogP contribution < -0.4 is 11.1 Å². The molecule has 0 radical (unpaired) electrons. The van der Waals surface area contributed by atoms with Gasteiger partial charge in [-0.1, -0.05) is 6.07 Å². The van der Waals surface area contributed by atoms with Crippen LogP contribution in [0, 0.1) is 0 Å². The molecule has 1 aromatic rings. The van der Waals surface area contributed by atoms with Gasteiger partial charge in [-0.3, -0.25) is 4.79 Å². The average molecular weight is 232 g/mol. The summed E-state index contributed by atoms with van der Waals surface area (Å²) < 4.78 is 0. The molecule has 3 heteroatoms. The molecule has 1 unspecified atom stereocenters. The van der Waals surface area contributed by atoms with Crippen LogP contribution in [0.3, 0.4) is 0 Å². The summed E-state index contributed by atoms with van der Waals surface area (Å²) in [6.07, 6.45) is 4.61. The molecule has 0 spiro atoms. The Balaban J connectivity index is 2.05. The highest BCUT2D eigenvalue weighted by atomic mass is 16.1. The number of aryl methyl sites for hydroxylation is 1. The highest BCUT2D eigenvalue weighted by Crippen LogP contribution is 2.34. The number of carbonyl (C=O) groups excluding carboxylic acids is 1. The van der Waals surface area contributed by atoms with E-state index in [1.165, 1.54) is 24.0 Å². The lowest BCUT2D eigenvalue weighted by atomic mass is 9.81. The maximum atomic E-state index is 10.9. The van der Waals surface area contributed by atoms with E-state index in [0.29, 0.717) is 5.92 Å². The number of anilines is 1. The summed E-state index contributed by atoms with van der Waals surface area (Å²) in [5.41, 5.74) is 9.51. The molecule has 0 fully saturated rings. The Morgan fingerprint density at radius 3 is 3.12 bits per heavy atom. The molecule has 0 aliphatic heterocycles. The van der Waals surface area contributed by atoms with E-state index in [2.05, 4.69) is 17.4 Å². The lowest BCUT2D eigenvalue weighted by molar-refractivity contribution is -0.118. The van der Waals surface area contributed by atoms with E-state index in [1.54, 1.807) is 6.92 Å². The SMILES string of the molecule is CC(=O)NCCC1CCCc2ccc(N)cc21. The van der Waals surface area contributed by atoms with Gasteiger partial charge in [-0.05, 0) is 54.9 Å². The molecule has 3 nitrogen and oxygen atoms in total. The second kappa shape index (κ2) is 5.21. The molecule has 1 aromatic carbocycles. The van der Waals surface area contributed by atoms with Gasteiger partial charge in [0.05, 0.1) is 0 Å². The van der Waals surface area contributed by atoms with Gasteiger partial charge in [0.1, 0.15) is 0 Å². The van der Waals surface area contributed by atoms with Gasteiger partial charge in [0.2, 0.25) is 5.91 Å². The first-order valence-corrected chi connectivity index (χ1v) is 6.29. The highest BCUT2D eigenvalue weighted by molar-refractivity contribution is 5.72. The third-order valence-electron chi connectivity index (χ3n) is 3.48. The molecule has 1 amide bonds. The quantitative estimate of drug-likeness (QED) is 0.785. The van der Waals surface area contributed by atoms with Gasteiger partial charge >= 0.3 is 0 Å². The minimum Gasteiger partial charge on any atom is -0.399 e. The van der Waals surface area contributed by atoms with E-state index in [-0.39, 0.29) is 5.91 Å². The van der Waals surface area contributed by atoms with Gasteiger partial charge in [0.25, 0.3) is 0 Å². The van der Waals surface area contributed by atoms with Gasteiger partial charge in [-0.2, -0.15) is 0 Å². The van der Waals surface area contributed by atoms with Crippen LogP contribution in [0.5, 0.6) is 0 Å². The number of nitrogens with two attached hydrogens (primary N) is 1. The summed E-state index contributed by atoms with van der Waals surface area (Å²) in [6.45, 7) is 2.32. The first-order chi connectivity index (χ1) is 8.16. The Labute approximate surface area is 102 Å². The molecule has 0 heterocycles. The van der Waals surface area contributed by atoms with Crippen molar-refractivity contribution < 1.29 is 4.79 Å². The monoisotopic (exact) mass is 232 g/mol. The minimum atomic E-state index is 0.0496. The van der Waals surface area contributed by atoms with E-state index < -0.39 is 0 Å². The molecule has 0 saturated carbocycles. The van der Waals surface area contributed by atoms with E-state index >= 15 is 0 Å². The van der Waals surface area contributed by atoms with Crippen molar-refractivity contribution in [3.63, 3.8) is 0 Å². The topological polar surface area (TPSA) is 55.1 Å². The summed E-state index contributed by atoms with van der Waals surface area (Å²) in [5, 5.41) is 2.87. The third kappa shape index (κ3) is 2.99. The Hall–Kier alpha value is -1.51. The van der Waals surface area contributed by atoms with E-state index in [1.807, 2.05) is 6.07 Å². The highest BCUT2D eigenvalue weighted by Gasteiger charge is 2.19. The van der Waals surface area contributed by atoms with Crippen LogP contribution in [-0.2, 0) is 11.2 Å². The van der Waals surface area contributed by atoms with Crippen molar-refractivity contribution in [2.24, 2.45) is 0 Å². The van der Waals surface area contributed by atoms with Crippen LogP contribution in [0.2, 0.25) is 0 Å². The predicted octanol–water partition coefficient (Wildman–Crippen LogP) is 2.21. The summed E-state index contributed by atoms with van der Waals surface area (Å²) in [5.74, 6) is 0.600. The fraction of sp³-hybridized carbons (Fsp3) is 0.500. The maximum Gasteiger partial charge on any atom is 0.216 e. The van der Waals surface area contributed by atoms with E-state index in [9.17, 15) is 4.79 Å². The van der Waals surface area contributed by atoms with Crippen molar-refractivity contribution in [2.75, 3.05) is 12.3 Å². The minimum absolute atomic E-state index is 0.0496. The van der Waals surface area contributed by atoms with Gasteiger partial charge < -0.3 is 11.1 Å². The smallest absolute Gasteiger partial charge is 0.216 e. The summed E-state index contributed by atoms with van der Waals surface area (Å²) in [7, 11) is 0. The van der Waals surface area contributed by atoms with Crippen molar-refractivity contribution >= 4 is 11.6 Å². The van der Waals surface area contributed by atoms with Gasteiger partial charge in [-0.15, -0.1) is 0 Å². The van der Waals surface area contributed by atoms with Crippen molar-refractivity contribution in [1.82, 2.24) is 5.32 Å². The summed E-state index contributed by atoms with van der Waals surface area (Å²) >= 11 is 0. The number of hydrogen-bond acceptors (Lipinski definition) is 2. The molecule has 2 rings (SSSR count). The van der Waals surface area contributed by atoms with Crippen LogP contribution in [0.25, 0.3) is 0 Å². The first-order valence-electron chi connectivity index (χ1n) is 6.29. The number of rotatable bonds is 3. The number of benzene rings is 1. The van der Waals surface area contributed by atoms with Crippen molar-refractivity contribution in [3.8, 4) is 0 Å². The van der Waals surface area contributed by atoms with Gasteiger partial charge in [-0.25, -0.2) is 0 Å². The Morgan fingerprint density at radius 1 is 1.53 bits per heavy atom. The first kappa shape index (κ1) is 12.0. The van der Waals surface area contributed by atoms with Crippen molar-refractivity contribution in [3.05, 3.63) is 29.3 Å². The zero-order valence-electron chi connectivity index (χ0n) is 10.3. The second-order valence-electron chi connectivity index (χ2n) is 4.82. The second-order valence-corrected chi connectivity index (χ2v) is 4.82. The molecular formula is C14H20N2O. The molecule has 1 aliphatic carbocycles. The molecule has 0 saturated heterocycles. The molecular weight excluding hydrogens is 212 g/mol. The van der Waals surface area contributed by atoms with Crippen LogP contribution >= 0.6 is 0 Å². The number of nitrogens with one attached hydrogen (secondary N) is 1. The molecule has 92 valence electrons. The van der Waals surface area contributed by atoms with Gasteiger partial charge in [0.15, 0.2) is 0 Å². The van der Waals surface area contributed by atoms with Gasteiger partial charge in [0, 0.05) is 19.2 Å². The Bertz CT molecular complexity index is 415. The lowest BCUT2D eigenvalue weighted by Crippen LogP contribution is -2.23. The number of nitrogen functional groups attached to an aromatic ring is 1.